The number of nitrogens with zero attached hydrogens (tertiary/aromatic N) is 4. The van der Waals surface area contributed by atoms with E-state index in [1.807, 2.05) is 0 Å². The van der Waals surface area contributed by atoms with Crippen molar-refractivity contribution in [1.29, 1.82) is 0 Å². The normalized spacial score (nSPS) is 12.6. The Balaban J connectivity index is 3.77. The fraction of sp³-hybridized carbons (Fsp3) is 0.333. The van der Waals surface area contributed by atoms with Gasteiger partial charge >= 0.3 is 0 Å². The number of benzene rings is 1. The topological polar surface area (TPSA) is 136 Å². The van der Waals surface area contributed by atoms with Crippen molar-refractivity contribution in [1.82, 2.24) is 0 Å². The third-order valence-electron chi connectivity index (χ3n) is 2.13. The first-order chi connectivity index (χ1) is 8.32. The lowest BCUT2D eigenvalue weighted by atomic mass is 10.2. The van der Waals surface area contributed by atoms with Crippen molar-refractivity contribution in [3.8, 4) is 0 Å². The molecule has 1 rings (SSSR count). The van der Waals surface area contributed by atoms with Gasteiger partial charge in [-0.1, -0.05) is 0 Å². The maximum atomic E-state index is 11.6. The molecule has 0 aliphatic rings. The minimum absolute atomic E-state index is 0.0457. The third kappa shape index (κ3) is 2.62. The molecule has 0 radical (unpaired) electrons. The molecule has 0 aliphatic carbocycles. The Kier molecular flexibility index (Phi) is 3.96. The number of anilines is 2. The molecular formula is C9H14N6O2S. The second kappa shape index (κ2) is 5.08. The molecule has 9 heteroatoms. The molecule has 0 amide bonds. The van der Waals surface area contributed by atoms with Crippen LogP contribution in [0.5, 0.6) is 0 Å². The molecule has 8 nitrogen and oxygen atoms in total. The van der Waals surface area contributed by atoms with Crippen molar-refractivity contribution in [2.45, 2.75) is 4.90 Å². The van der Waals surface area contributed by atoms with Crippen LogP contribution in [0, 0.1) is 0 Å². The summed E-state index contributed by atoms with van der Waals surface area (Å²) in [5.41, 5.74) is 11.9. The molecule has 0 bridgehead atoms. The zero-order valence-corrected chi connectivity index (χ0v) is 11.1. The lowest BCUT2D eigenvalue weighted by Crippen LogP contribution is -2.04. The third-order valence-corrected chi connectivity index (χ3v) is 3.26. The van der Waals surface area contributed by atoms with E-state index in [1.165, 1.54) is 20.2 Å². The van der Waals surface area contributed by atoms with Crippen molar-refractivity contribution in [3.05, 3.63) is 6.07 Å². The van der Waals surface area contributed by atoms with Gasteiger partial charge in [0.1, 0.15) is 11.4 Å². The van der Waals surface area contributed by atoms with Crippen molar-refractivity contribution < 1.29 is 8.42 Å². The second-order valence-corrected chi connectivity index (χ2v) is 5.43. The van der Waals surface area contributed by atoms with E-state index in [4.69, 9.17) is 11.5 Å². The van der Waals surface area contributed by atoms with Crippen LogP contribution in [-0.2, 0) is 9.84 Å². The van der Waals surface area contributed by atoms with Gasteiger partial charge in [0, 0.05) is 20.4 Å². The zero-order chi connectivity index (χ0) is 13.9. The summed E-state index contributed by atoms with van der Waals surface area (Å²) in [5, 5.41) is 14.6. The molecular weight excluding hydrogens is 256 g/mol. The highest BCUT2D eigenvalue weighted by Crippen LogP contribution is 2.41. The number of nitrogen functional groups attached to an aromatic ring is 2. The Bertz CT molecular complexity index is 620. The molecule has 1 aromatic rings. The van der Waals surface area contributed by atoms with Crippen molar-refractivity contribution in [3.63, 3.8) is 0 Å². The van der Waals surface area contributed by atoms with Crippen LogP contribution >= 0.6 is 0 Å². The SMILES string of the molecule is CN=Nc1cc(S(C)(=O)=O)c(N)c(N=NC)c1N. The number of hydrogen-bond donors (Lipinski definition) is 2. The predicted octanol–water partition coefficient (Wildman–Crippen LogP) is 1.68. The van der Waals surface area contributed by atoms with Crippen molar-refractivity contribution >= 4 is 32.6 Å². The van der Waals surface area contributed by atoms with Gasteiger partial charge in [-0.3, -0.25) is 0 Å². The lowest BCUT2D eigenvalue weighted by Gasteiger charge is -2.10. The van der Waals surface area contributed by atoms with Crippen LogP contribution in [0.15, 0.2) is 31.4 Å². The van der Waals surface area contributed by atoms with Crippen LogP contribution in [0.2, 0.25) is 0 Å². The van der Waals surface area contributed by atoms with E-state index in [0.29, 0.717) is 0 Å². The maximum absolute atomic E-state index is 11.6. The molecule has 0 aromatic heterocycles. The van der Waals surface area contributed by atoms with E-state index in [9.17, 15) is 8.42 Å². The smallest absolute Gasteiger partial charge is 0.177 e. The monoisotopic (exact) mass is 270 g/mol. The van der Waals surface area contributed by atoms with Gasteiger partial charge in [-0.2, -0.15) is 20.5 Å². The van der Waals surface area contributed by atoms with Crippen molar-refractivity contribution in [2.75, 3.05) is 31.8 Å². The van der Waals surface area contributed by atoms with Crippen LogP contribution in [0.4, 0.5) is 22.7 Å². The number of sulfone groups is 1. The van der Waals surface area contributed by atoms with E-state index in [-0.39, 0.29) is 27.6 Å². The molecule has 1 aromatic carbocycles. The Labute approximate surface area is 105 Å². The van der Waals surface area contributed by atoms with Gasteiger partial charge in [-0.25, -0.2) is 8.42 Å². The summed E-state index contributed by atoms with van der Waals surface area (Å²) in [6.45, 7) is 0. The minimum atomic E-state index is -3.52. The first-order valence-electron chi connectivity index (χ1n) is 4.84. The van der Waals surface area contributed by atoms with Crippen LogP contribution in [-0.4, -0.2) is 28.8 Å². The number of azo groups is 2. The highest BCUT2D eigenvalue weighted by atomic mass is 32.2. The predicted molar refractivity (Wildman–Crippen MR) is 69.3 cm³/mol. The number of hydrogen-bond acceptors (Lipinski definition) is 8. The lowest BCUT2D eigenvalue weighted by molar-refractivity contribution is 0.602. The standard InChI is InChI=1S/C9H14N6O2S/c1-12-14-5-4-6(18(3,16)17)8(11)9(7(5)10)15-13-2/h4H,10-11H2,1-3H3. The Morgan fingerprint density at radius 2 is 1.61 bits per heavy atom. The van der Waals surface area contributed by atoms with Gasteiger partial charge in [-0.05, 0) is 6.07 Å². The fourth-order valence-corrected chi connectivity index (χ4v) is 2.19. The van der Waals surface area contributed by atoms with Gasteiger partial charge < -0.3 is 11.5 Å². The molecule has 0 heterocycles. The molecule has 0 fully saturated rings. The molecule has 0 spiro atoms. The second-order valence-electron chi connectivity index (χ2n) is 3.44. The molecule has 0 saturated carbocycles. The molecule has 0 atom stereocenters. The Morgan fingerprint density at radius 1 is 1.06 bits per heavy atom. The largest absolute Gasteiger partial charge is 0.396 e. The van der Waals surface area contributed by atoms with Crippen LogP contribution in [0.25, 0.3) is 0 Å². The Hall–Kier alpha value is -2.03. The quantitative estimate of drug-likeness (QED) is 0.637. The molecule has 0 unspecified atom stereocenters. The minimum Gasteiger partial charge on any atom is -0.396 e. The highest BCUT2D eigenvalue weighted by molar-refractivity contribution is 7.90. The van der Waals surface area contributed by atoms with E-state index in [0.717, 1.165) is 6.26 Å². The average molecular weight is 270 g/mol. The van der Waals surface area contributed by atoms with E-state index in [1.54, 1.807) is 0 Å². The van der Waals surface area contributed by atoms with Crippen LogP contribution < -0.4 is 11.5 Å². The first kappa shape index (κ1) is 14.0. The summed E-state index contributed by atoms with van der Waals surface area (Å²) in [4.78, 5) is -0.0958. The molecule has 98 valence electrons. The first-order valence-corrected chi connectivity index (χ1v) is 6.73. The van der Waals surface area contributed by atoms with E-state index < -0.39 is 9.84 Å². The molecule has 4 N–H and O–H groups in total. The van der Waals surface area contributed by atoms with Gasteiger partial charge in [0.2, 0.25) is 0 Å². The summed E-state index contributed by atoms with van der Waals surface area (Å²) < 4.78 is 23.2. The maximum Gasteiger partial charge on any atom is 0.177 e. The van der Waals surface area contributed by atoms with Crippen LogP contribution in [0.1, 0.15) is 0 Å². The van der Waals surface area contributed by atoms with Gasteiger partial charge in [0.15, 0.2) is 9.84 Å². The molecule has 18 heavy (non-hydrogen) atoms. The van der Waals surface area contributed by atoms with Crippen molar-refractivity contribution in [2.24, 2.45) is 20.5 Å². The van der Waals surface area contributed by atoms with E-state index in [2.05, 4.69) is 20.5 Å². The highest BCUT2D eigenvalue weighted by Gasteiger charge is 2.20. The van der Waals surface area contributed by atoms with Crippen LogP contribution in [0.3, 0.4) is 0 Å². The van der Waals surface area contributed by atoms with Gasteiger partial charge in [0.25, 0.3) is 0 Å². The fourth-order valence-electron chi connectivity index (χ4n) is 1.37. The van der Waals surface area contributed by atoms with Gasteiger partial charge in [-0.15, -0.1) is 0 Å². The molecule has 0 saturated heterocycles. The average Bonchev–Trinajstić information content (AvgIpc) is 2.26. The summed E-state index contributed by atoms with van der Waals surface area (Å²) in [6, 6.07) is 1.27. The summed E-state index contributed by atoms with van der Waals surface area (Å²) in [6.07, 6.45) is 1.04. The summed E-state index contributed by atoms with van der Waals surface area (Å²) >= 11 is 0. The molecule has 0 aliphatic heterocycles. The van der Waals surface area contributed by atoms with E-state index >= 15 is 0 Å². The number of nitrogens with two attached hydrogens (primary N) is 2. The summed E-state index contributed by atoms with van der Waals surface area (Å²) in [5.74, 6) is 0. The zero-order valence-electron chi connectivity index (χ0n) is 10.2. The van der Waals surface area contributed by atoms with Gasteiger partial charge in [0.05, 0.1) is 16.3 Å². The Morgan fingerprint density at radius 3 is 2.06 bits per heavy atom. The summed E-state index contributed by atoms with van der Waals surface area (Å²) in [7, 11) is -0.651. The number of rotatable bonds is 3.